The van der Waals surface area contributed by atoms with E-state index in [-0.39, 0.29) is 5.69 Å². The van der Waals surface area contributed by atoms with Crippen LogP contribution >= 0.6 is 0 Å². The first-order valence-electron chi connectivity index (χ1n) is 9.17. The molecular weight excluding hydrogens is 342 g/mol. The van der Waals surface area contributed by atoms with Gasteiger partial charge in [0.15, 0.2) is 0 Å². The van der Waals surface area contributed by atoms with Crippen molar-refractivity contribution in [1.29, 1.82) is 0 Å². The largest absolute Gasteiger partial charge is 0.307 e. The standard InChI is InChI=1S/C20H21N5O2/c26-25(27)17-9-7-16(8-10-17)15-21-20-22-18-5-1-2-6-19(18)24(20)14-13-23-11-3-4-12-23/h1-2,5-10,15H,3-4,11-14H2/b21-15+. The zero-order valence-electron chi connectivity index (χ0n) is 15.0. The number of nitrogens with zero attached hydrogens (tertiary/aromatic N) is 5. The molecule has 2 aromatic carbocycles. The first-order valence-corrected chi connectivity index (χ1v) is 9.17. The molecule has 3 aromatic rings. The van der Waals surface area contributed by atoms with Crippen LogP contribution < -0.4 is 0 Å². The molecule has 7 heteroatoms. The van der Waals surface area contributed by atoms with Gasteiger partial charge in [-0.25, -0.2) is 9.98 Å². The Hall–Kier alpha value is -3.06. The smallest absolute Gasteiger partial charge is 0.269 e. The maximum atomic E-state index is 10.8. The van der Waals surface area contributed by atoms with Gasteiger partial charge in [0.25, 0.3) is 5.69 Å². The molecule has 138 valence electrons. The summed E-state index contributed by atoms with van der Waals surface area (Å²) in [6.45, 7) is 4.15. The fourth-order valence-corrected chi connectivity index (χ4v) is 3.44. The fraction of sp³-hybridized carbons (Fsp3) is 0.300. The number of aliphatic imine (C=N–C) groups is 1. The Morgan fingerprint density at radius 1 is 1.07 bits per heavy atom. The van der Waals surface area contributed by atoms with Gasteiger partial charge in [-0.05, 0) is 55.8 Å². The first kappa shape index (κ1) is 17.4. The van der Waals surface area contributed by atoms with Crippen LogP contribution in [0.15, 0.2) is 53.5 Å². The van der Waals surface area contributed by atoms with Gasteiger partial charge in [-0.1, -0.05) is 12.1 Å². The number of fused-ring (bicyclic) bond motifs is 1. The van der Waals surface area contributed by atoms with Crippen LogP contribution in [-0.4, -0.2) is 45.2 Å². The minimum absolute atomic E-state index is 0.0741. The van der Waals surface area contributed by atoms with Crippen LogP contribution in [0.2, 0.25) is 0 Å². The normalized spacial score (nSPS) is 15.1. The summed E-state index contributed by atoms with van der Waals surface area (Å²) < 4.78 is 2.15. The van der Waals surface area contributed by atoms with Gasteiger partial charge in [0.05, 0.1) is 16.0 Å². The van der Waals surface area contributed by atoms with Crippen molar-refractivity contribution in [2.24, 2.45) is 4.99 Å². The van der Waals surface area contributed by atoms with Crippen LogP contribution in [0.4, 0.5) is 11.6 Å². The number of hydrogen-bond donors (Lipinski definition) is 0. The van der Waals surface area contributed by atoms with Crippen molar-refractivity contribution < 1.29 is 4.92 Å². The van der Waals surface area contributed by atoms with Crippen LogP contribution in [0, 0.1) is 10.1 Å². The molecule has 7 nitrogen and oxygen atoms in total. The summed E-state index contributed by atoms with van der Waals surface area (Å²) in [7, 11) is 0. The summed E-state index contributed by atoms with van der Waals surface area (Å²) in [5.74, 6) is 0.661. The molecule has 1 fully saturated rings. The van der Waals surface area contributed by atoms with Crippen molar-refractivity contribution in [3.05, 3.63) is 64.2 Å². The van der Waals surface area contributed by atoms with E-state index in [2.05, 4.69) is 25.5 Å². The second kappa shape index (κ2) is 7.67. The second-order valence-corrected chi connectivity index (χ2v) is 6.71. The van der Waals surface area contributed by atoms with E-state index in [0.717, 1.165) is 42.8 Å². The Labute approximate surface area is 157 Å². The van der Waals surface area contributed by atoms with Gasteiger partial charge in [0, 0.05) is 31.4 Å². The first-order chi connectivity index (χ1) is 13.2. The molecule has 2 heterocycles. The summed E-state index contributed by atoms with van der Waals surface area (Å²) in [5, 5.41) is 10.8. The van der Waals surface area contributed by atoms with E-state index in [4.69, 9.17) is 0 Å². The zero-order valence-corrected chi connectivity index (χ0v) is 15.0. The summed E-state index contributed by atoms with van der Waals surface area (Å²) in [6.07, 6.45) is 4.25. The van der Waals surface area contributed by atoms with Crippen molar-refractivity contribution in [3.63, 3.8) is 0 Å². The average molecular weight is 363 g/mol. The zero-order chi connectivity index (χ0) is 18.6. The van der Waals surface area contributed by atoms with Crippen LogP contribution in [0.1, 0.15) is 18.4 Å². The molecule has 1 aromatic heterocycles. The van der Waals surface area contributed by atoms with E-state index >= 15 is 0 Å². The van der Waals surface area contributed by atoms with Crippen molar-refractivity contribution in [3.8, 4) is 0 Å². The summed E-state index contributed by atoms with van der Waals surface area (Å²) in [5.41, 5.74) is 2.88. The molecule has 0 radical (unpaired) electrons. The molecule has 1 aliphatic heterocycles. The van der Waals surface area contributed by atoms with E-state index in [0.29, 0.717) is 5.95 Å². The minimum atomic E-state index is -0.404. The van der Waals surface area contributed by atoms with E-state index in [9.17, 15) is 10.1 Å². The van der Waals surface area contributed by atoms with Crippen molar-refractivity contribution in [2.45, 2.75) is 19.4 Å². The number of non-ortho nitro benzene ring substituents is 1. The summed E-state index contributed by atoms with van der Waals surface area (Å²) >= 11 is 0. The fourth-order valence-electron chi connectivity index (χ4n) is 3.44. The van der Waals surface area contributed by atoms with Crippen molar-refractivity contribution in [1.82, 2.24) is 14.5 Å². The van der Waals surface area contributed by atoms with Gasteiger partial charge < -0.3 is 9.47 Å². The number of benzene rings is 2. The molecule has 0 spiro atoms. The Bertz CT molecular complexity index is 972. The molecule has 0 atom stereocenters. The van der Waals surface area contributed by atoms with Gasteiger partial charge >= 0.3 is 0 Å². The number of nitro groups is 1. The average Bonchev–Trinajstić information content (AvgIpc) is 3.32. The highest BCUT2D eigenvalue weighted by Crippen LogP contribution is 2.22. The molecule has 0 amide bonds. The number of para-hydroxylation sites is 2. The Kier molecular flexibility index (Phi) is 4.93. The third-order valence-electron chi connectivity index (χ3n) is 4.91. The van der Waals surface area contributed by atoms with Crippen LogP contribution in [0.3, 0.4) is 0 Å². The maximum absolute atomic E-state index is 10.8. The third-order valence-corrected chi connectivity index (χ3v) is 4.91. The van der Waals surface area contributed by atoms with Gasteiger partial charge in [0.2, 0.25) is 5.95 Å². The minimum Gasteiger partial charge on any atom is -0.307 e. The lowest BCUT2D eigenvalue weighted by Crippen LogP contribution is -2.24. The second-order valence-electron chi connectivity index (χ2n) is 6.71. The Morgan fingerprint density at radius 2 is 1.81 bits per heavy atom. The molecule has 0 unspecified atom stereocenters. The lowest BCUT2D eigenvalue weighted by molar-refractivity contribution is -0.384. The highest BCUT2D eigenvalue weighted by molar-refractivity contribution is 5.84. The van der Waals surface area contributed by atoms with Gasteiger partial charge in [0.1, 0.15) is 0 Å². The molecule has 0 bridgehead atoms. The monoisotopic (exact) mass is 363 g/mol. The Balaban J connectivity index is 1.59. The third kappa shape index (κ3) is 3.88. The molecule has 1 aliphatic rings. The lowest BCUT2D eigenvalue weighted by Gasteiger charge is -2.15. The Morgan fingerprint density at radius 3 is 2.56 bits per heavy atom. The van der Waals surface area contributed by atoms with Crippen molar-refractivity contribution in [2.75, 3.05) is 19.6 Å². The highest BCUT2D eigenvalue weighted by atomic mass is 16.6. The molecule has 27 heavy (non-hydrogen) atoms. The van der Waals surface area contributed by atoms with Gasteiger partial charge in [-0.2, -0.15) is 0 Å². The molecule has 4 rings (SSSR count). The van der Waals surface area contributed by atoms with Gasteiger partial charge in [-0.3, -0.25) is 10.1 Å². The van der Waals surface area contributed by atoms with Crippen LogP contribution in [-0.2, 0) is 6.54 Å². The summed E-state index contributed by atoms with van der Waals surface area (Å²) in [6, 6.07) is 14.4. The highest BCUT2D eigenvalue weighted by Gasteiger charge is 2.14. The van der Waals surface area contributed by atoms with Crippen LogP contribution in [0.5, 0.6) is 0 Å². The predicted octanol–water partition coefficient (Wildman–Crippen LogP) is 3.79. The maximum Gasteiger partial charge on any atom is 0.269 e. The molecule has 0 saturated carbocycles. The SMILES string of the molecule is O=[N+]([O-])c1ccc(/C=N/c2nc3ccccc3n2CCN2CCCC2)cc1. The predicted molar refractivity (Wildman–Crippen MR) is 106 cm³/mol. The van der Waals surface area contributed by atoms with Gasteiger partial charge in [-0.15, -0.1) is 0 Å². The summed E-state index contributed by atoms with van der Waals surface area (Å²) in [4.78, 5) is 22.1. The number of imidazole rings is 1. The number of hydrogen-bond acceptors (Lipinski definition) is 5. The van der Waals surface area contributed by atoms with Crippen LogP contribution in [0.25, 0.3) is 11.0 Å². The number of rotatable bonds is 6. The number of aromatic nitrogens is 2. The molecule has 0 N–H and O–H groups in total. The number of likely N-dealkylation sites (tertiary alicyclic amines) is 1. The van der Waals surface area contributed by atoms with E-state index in [1.807, 2.05) is 18.2 Å². The molecule has 1 saturated heterocycles. The van der Waals surface area contributed by atoms with E-state index < -0.39 is 4.92 Å². The quantitative estimate of drug-likeness (QED) is 0.379. The molecular formula is C20H21N5O2. The van der Waals surface area contributed by atoms with E-state index in [1.54, 1.807) is 18.3 Å². The lowest BCUT2D eigenvalue weighted by atomic mass is 10.2. The van der Waals surface area contributed by atoms with Crippen molar-refractivity contribution >= 4 is 28.9 Å². The number of nitro benzene ring substituents is 1. The topological polar surface area (TPSA) is 76.6 Å². The van der Waals surface area contributed by atoms with E-state index in [1.165, 1.54) is 25.0 Å². The molecule has 0 aliphatic carbocycles.